The van der Waals surface area contributed by atoms with Crippen LogP contribution in [0.15, 0.2) is 33.7 Å². The van der Waals surface area contributed by atoms with Crippen molar-refractivity contribution in [1.82, 2.24) is 4.57 Å². The number of hydrogen-bond acceptors (Lipinski definition) is 1. The van der Waals surface area contributed by atoms with E-state index in [4.69, 9.17) is 0 Å². The van der Waals surface area contributed by atoms with Gasteiger partial charge in [0, 0.05) is 30.1 Å². The number of pyridine rings is 1. The fraction of sp³-hybridized carbons (Fsp3) is 0.357. The molecule has 0 bridgehead atoms. The fourth-order valence-electron chi connectivity index (χ4n) is 2.67. The summed E-state index contributed by atoms with van der Waals surface area (Å²) in [6.45, 7) is 0.208. The third kappa shape index (κ3) is 2.37. The van der Waals surface area contributed by atoms with Gasteiger partial charge in [0.15, 0.2) is 0 Å². The highest BCUT2D eigenvalue weighted by Gasteiger charge is 2.45. The van der Waals surface area contributed by atoms with Crippen LogP contribution in [0.25, 0.3) is 10.8 Å². The second kappa shape index (κ2) is 4.62. The van der Waals surface area contributed by atoms with E-state index >= 15 is 0 Å². The van der Waals surface area contributed by atoms with Crippen molar-refractivity contribution in [3.8, 4) is 0 Å². The Kier molecular flexibility index (Phi) is 3.16. The summed E-state index contributed by atoms with van der Waals surface area (Å²) in [5.74, 6) is -3.44. The van der Waals surface area contributed by atoms with Crippen molar-refractivity contribution in [1.29, 1.82) is 0 Å². The average Bonchev–Trinajstić information content (AvgIpc) is 2.29. The molecule has 0 unspecified atom stereocenters. The van der Waals surface area contributed by atoms with Gasteiger partial charge in [-0.3, -0.25) is 4.79 Å². The van der Waals surface area contributed by atoms with Crippen LogP contribution in [0.4, 0.5) is 13.2 Å². The van der Waals surface area contributed by atoms with E-state index in [2.05, 4.69) is 15.9 Å². The van der Waals surface area contributed by atoms with Crippen LogP contribution in [0.1, 0.15) is 12.8 Å². The highest BCUT2D eigenvalue weighted by molar-refractivity contribution is 9.10. The molecule has 2 aromatic rings. The van der Waals surface area contributed by atoms with Gasteiger partial charge < -0.3 is 4.57 Å². The molecule has 1 fully saturated rings. The van der Waals surface area contributed by atoms with Crippen molar-refractivity contribution >= 4 is 26.7 Å². The molecule has 1 saturated carbocycles. The quantitative estimate of drug-likeness (QED) is 0.807. The third-order valence-corrected chi connectivity index (χ3v) is 4.08. The summed E-state index contributed by atoms with van der Waals surface area (Å²) in [7, 11) is 0. The van der Waals surface area contributed by atoms with Crippen molar-refractivity contribution in [3.63, 3.8) is 0 Å². The average molecular weight is 346 g/mol. The molecule has 0 amide bonds. The van der Waals surface area contributed by atoms with E-state index in [0.717, 1.165) is 0 Å². The zero-order valence-corrected chi connectivity index (χ0v) is 12.0. The van der Waals surface area contributed by atoms with Crippen molar-refractivity contribution in [2.75, 3.05) is 0 Å². The Morgan fingerprint density at radius 3 is 2.70 bits per heavy atom. The van der Waals surface area contributed by atoms with Crippen LogP contribution in [-0.4, -0.2) is 10.5 Å². The van der Waals surface area contributed by atoms with Crippen LogP contribution in [-0.2, 0) is 6.54 Å². The summed E-state index contributed by atoms with van der Waals surface area (Å²) in [5.41, 5.74) is -0.470. The summed E-state index contributed by atoms with van der Waals surface area (Å²) >= 11 is 3.17. The maximum Gasteiger partial charge on any atom is 0.261 e. The highest BCUT2D eigenvalue weighted by atomic mass is 79.9. The normalized spacial score (nSPS) is 18.2. The molecule has 1 heterocycles. The van der Waals surface area contributed by atoms with Gasteiger partial charge in [-0.25, -0.2) is 13.2 Å². The van der Waals surface area contributed by atoms with E-state index in [0.29, 0.717) is 9.86 Å². The van der Waals surface area contributed by atoms with Crippen molar-refractivity contribution in [2.45, 2.75) is 25.3 Å². The summed E-state index contributed by atoms with van der Waals surface area (Å²) in [6.07, 6.45) is 1.12. The number of rotatable bonds is 2. The number of hydrogen-bond donors (Lipinski definition) is 0. The lowest BCUT2D eigenvalue weighted by molar-refractivity contribution is -0.114. The molecule has 6 heteroatoms. The van der Waals surface area contributed by atoms with Crippen LogP contribution in [0.5, 0.6) is 0 Å². The predicted octanol–water partition coefficient (Wildman–Crippen LogP) is 3.95. The number of alkyl halides is 2. The first-order chi connectivity index (χ1) is 9.35. The van der Waals surface area contributed by atoms with Gasteiger partial charge >= 0.3 is 0 Å². The van der Waals surface area contributed by atoms with Gasteiger partial charge in [-0.05, 0) is 29.5 Å². The van der Waals surface area contributed by atoms with Crippen LogP contribution in [0.2, 0.25) is 0 Å². The third-order valence-electron chi connectivity index (χ3n) is 3.62. The number of benzene rings is 1. The molecule has 106 valence electrons. The molecule has 0 aliphatic heterocycles. The van der Waals surface area contributed by atoms with Gasteiger partial charge in [-0.1, -0.05) is 15.9 Å². The van der Waals surface area contributed by atoms with Gasteiger partial charge in [-0.2, -0.15) is 0 Å². The molecule has 0 N–H and O–H groups in total. The molecule has 20 heavy (non-hydrogen) atoms. The van der Waals surface area contributed by atoms with Gasteiger partial charge in [0.25, 0.3) is 5.56 Å². The second-order valence-corrected chi connectivity index (χ2v) is 6.17. The van der Waals surface area contributed by atoms with Crippen molar-refractivity contribution in [2.24, 2.45) is 5.92 Å². The van der Waals surface area contributed by atoms with E-state index in [1.165, 1.54) is 16.8 Å². The molecule has 3 rings (SSSR count). The first kappa shape index (κ1) is 13.7. The summed E-state index contributed by atoms with van der Waals surface area (Å²) in [4.78, 5) is 12.2. The summed E-state index contributed by atoms with van der Waals surface area (Å²) in [5, 5.41) is 0.499. The molecule has 0 atom stereocenters. The van der Waals surface area contributed by atoms with Crippen LogP contribution < -0.4 is 5.56 Å². The molecular formula is C14H11BrF3NO. The predicted molar refractivity (Wildman–Crippen MR) is 73.5 cm³/mol. The molecule has 0 saturated heterocycles. The molecule has 1 aliphatic carbocycles. The van der Waals surface area contributed by atoms with Gasteiger partial charge in [0.1, 0.15) is 5.82 Å². The lowest BCUT2D eigenvalue weighted by Gasteiger charge is -2.35. The second-order valence-electron chi connectivity index (χ2n) is 5.26. The lowest BCUT2D eigenvalue weighted by Crippen LogP contribution is -2.39. The largest absolute Gasteiger partial charge is 0.315 e. The summed E-state index contributed by atoms with van der Waals surface area (Å²) < 4.78 is 41.4. The first-order valence-corrected chi connectivity index (χ1v) is 7.01. The number of aromatic nitrogens is 1. The minimum atomic E-state index is -2.61. The Hall–Kier alpha value is -1.30. The minimum absolute atomic E-state index is 0.00165. The van der Waals surface area contributed by atoms with Crippen molar-refractivity contribution < 1.29 is 13.2 Å². The molecule has 0 spiro atoms. The van der Waals surface area contributed by atoms with Gasteiger partial charge in [0.2, 0.25) is 5.92 Å². The Morgan fingerprint density at radius 2 is 2.05 bits per heavy atom. The number of fused-ring (bicyclic) bond motifs is 1. The van der Waals surface area contributed by atoms with E-state index in [9.17, 15) is 18.0 Å². The molecule has 0 radical (unpaired) electrons. The van der Waals surface area contributed by atoms with Crippen LogP contribution >= 0.6 is 15.9 Å². The molecular weight excluding hydrogens is 335 g/mol. The Morgan fingerprint density at radius 1 is 1.35 bits per heavy atom. The summed E-state index contributed by atoms with van der Waals surface area (Å²) in [6, 6.07) is 4.51. The van der Waals surface area contributed by atoms with E-state index in [1.807, 2.05) is 0 Å². The van der Waals surface area contributed by atoms with E-state index in [1.54, 1.807) is 12.1 Å². The Bertz CT molecular complexity index is 733. The smallest absolute Gasteiger partial charge is 0.261 e. The van der Waals surface area contributed by atoms with Crippen LogP contribution in [0.3, 0.4) is 0 Å². The topological polar surface area (TPSA) is 22.0 Å². The number of nitrogens with zero attached hydrogens (tertiary/aromatic N) is 1. The van der Waals surface area contributed by atoms with E-state index in [-0.39, 0.29) is 30.7 Å². The van der Waals surface area contributed by atoms with Crippen LogP contribution in [0, 0.1) is 11.7 Å². The lowest BCUT2D eigenvalue weighted by atomic mass is 9.81. The minimum Gasteiger partial charge on any atom is -0.315 e. The molecule has 2 nitrogen and oxygen atoms in total. The number of halogens is 4. The molecule has 1 aliphatic rings. The highest BCUT2D eigenvalue weighted by Crippen LogP contribution is 2.42. The standard InChI is InChI=1S/C14H11BrF3NO/c15-10-3-9-1-2-19(7-8-5-14(17,18)6-8)13(20)12(9)11(16)4-10/h1-4,8H,5-7H2. The SMILES string of the molecule is O=c1c2c(F)cc(Br)cc2ccn1CC1CC(F)(F)C1. The maximum absolute atomic E-state index is 13.9. The molecule has 1 aromatic heterocycles. The van der Waals surface area contributed by atoms with E-state index < -0.39 is 17.3 Å². The zero-order chi connectivity index (χ0) is 14.5. The first-order valence-electron chi connectivity index (χ1n) is 6.22. The van der Waals surface area contributed by atoms with Gasteiger partial charge in [0.05, 0.1) is 5.39 Å². The maximum atomic E-state index is 13.9. The van der Waals surface area contributed by atoms with Crippen molar-refractivity contribution in [3.05, 3.63) is 45.0 Å². The monoisotopic (exact) mass is 345 g/mol. The Balaban J connectivity index is 1.98. The Labute approximate surface area is 121 Å². The van der Waals surface area contributed by atoms with Gasteiger partial charge in [-0.15, -0.1) is 0 Å². The fourth-order valence-corrected chi connectivity index (χ4v) is 3.12. The molecule has 1 aromatic carbocycles. The zero-order valence-electron chi connectivity index (χ0n) is 10.4.